The molecule has 0 aliphatic heterocycles. The third-order valence-corrected chi connectivity index (χ3v) is 6.05. The van der Waals surface area contributed by atoms with Gasteiger partial charge in [0.05, 0.1) is 13.2 Å². The van der Waals surface area contributed by atoms with E-state index in [2.05, 4.69) is 65.3 Å². The zero-order valence-electron chi connectivity index (χ0n) is 22.4. The van der Waals surface area contributed by atoms with Gasteiger partial charge in [0.1, 0.15) is 18.2 Å². The van der Waals surface area contributed by atoms with Crippen LogP contribution in [0.1, 0.15) is 29.5 Å². The average molecular weight is 532 g/mol. The maximum Gasteiger partial charge on any atom is 0.246 e. The Hall–Kier alpha value is -3.94. The van der Waals surface area contributed by atoms with Crippen molar-refractivity contribution >= 4 is 16.8 Å². The lowest BCUT2D eigenvalue weighted by atomic mass is 10.1. The quantitative estimate of drug-likeness (QED) is 0.131. The lowest BCUT2D eigenvalue weighted by Gasteiger charge is -2.10. The van der Waals surface area contributed by atoms with E-state index in [1.807, 2.05) is 18.2 Å². The molecular formula is C32H38FN3O3. The molecule has 0 aliphatic rings. The van der Waals surface area contributed by atoms with E-state index in [1.165, 1.54) is 34.2 Å². The van der Waals surface area contributed by atoms with Crippen molar-refractivity contribution in [2.75, 3.05) is 26.3 Å². The van der Waals surface area contributed by atoms with Crippen LogP contribution in [0.2, 0.25) is 0 Å². The van der Waals surface area contributed by atoms with E-state index in [-0.39, 0.29) is 24.9 Å². The fraction of sp³-hybridized carbons (Fsp3) is 0.281. The molecule has 1 amide bonds. The molecule has 0 fully saturated rings. The summed E-state index contributed by atoms with van der Waals surface area (Å²) in [4.78, 5) is 15.2. The number of carbonyl (C=O) groups excluding carboxylic acids is 1. The summed E-state index contributed by atoms with van der Waals surface area (Å²) in [6, 6.07) is 22.6. The Morgan fingerprint density at radius 2 is 1.74 bits per heavy atom. The number of amides is 1. The molecule has 6 nitrogen and oxygen atoms in total. The van der Waals surface area contributed by atoms with Crippen molar-refractivity contribution in [3.8, 4) is 5.75 Å². The second-order valence-electron chi connectivity index (χ2n) is 8.96. The lowest BCUT2D eigenvalue weighted by molar-refractivity contribution is -0.126. The van der Waals surface area contributed by atoms with Gasteiger partial charge in [-0.1, -0.05) is 42.5 Å². The van der Waals surface area contributed by atoms with E-state index < -0.39 is 0 Å². The topological polar surface area (TPSA) is 75.4 Å². The minimum absolute atomic E-state index is 0.0174. The van der Waals surface area contributed by atoms with Crippen molar-refractivity contribution in [1.29, 1.82) is 0 Å². The number of aromatic amines is 1. The van der Waals surface area contributed by atoms with Crippen LogP contribution in [-0.4, -0.2) is 37.2 Å². The third-order valence-electron chi connectivity index (χ3n) is 6.05. The second-order valence-corrected chi connectivity index (χ2v) is 8.96. The summed E-state index contributed by atoms with van der Waals surface area (Å²) in [6.45, 7) is 9.11. The summed E-state index contributed by atoms with van der Waals surface area (Å²) in [5.74, 6) is 0.408. The minimum atomic E-state index is -0.289. The summed E-state index contributed by atoms with van der Waals surface area (Å²) in [7, 11) is 0. The number of rotatable bonds is 15. The largest absolute Gasteiger partial charge is 0.494 e. The van der Waals surface area contributed by atoms with Crippen molar-refractivity contribution < 1.29 is 18.7 Å². The molecule has 1 aromatic heterocycles. The molecule has 0 radical (unpaired) electrons. The van der Waals surface area contributed by atoms with Crippen molar-refractivity contribution in [3.05, 3.63) is 115 Å². The fourth-order valence-electron chi connectivity index (χ4n) is 4.08. The number of H-pyrrole nitrogens is 1. The van der Waals surface area contributed by atoms with Crippen LogP contribution in [-0.2, 0) is 29.1 Å². The number of nitrogens with one attached hydrogen (secondary N) is 3. The van der Waals surface area contributed by atoms with Gasteiger partial charge in [-0.15, -0.1) is 13.2 Å². The molecule has 0 aliphatic carbocycles. The Kier molecular flexibility index (Phi) is 12.8. The van der Waals surface area contributed by atoms with Gasteiger partial charge in [0, 0.05) is 30.2 Å². The van der Waals surface area contributed by atoms with Gasteiger partial charge < -0.3 is 25.1 Å². The van der Waals surface area contributed by atoms with Crippen LogP contribution < -0.4 is 15.4 Å². The van der Waals surface area contributed by atoms with Gasteiger partial charge in [-0.25, -0.2) is 4.39 Å². The van der Waals surface area contributed by atoms with Crippen molar-refractivity contribution in [2.24, 2.45) is 0 Å². The average Bonchev–Trinajstić information content (AvgIpc) is 3.38. The highest BCUT2D eigenvalue weighted by Crippen LogP contribution is 2.18. The molecule has 3 N–H and O–H groups in total. The molecule has 206 valence electrons. The van der Waals surface area contributed by atoms with Crippen molar-refractivity contribution in [1.82, 2.24) is 15.6 Å². The van der Waals surface area contributed by atoms with E-state index in [9.17, 15) is 9.18 Å². The van der Waals surface area contributed by atoms with E-state index in [0.29, 0.717) is 13.2 Å². The molecule has 7 heteroatoms. The summed E-state index contributed by atoms with van der Waals surface area (Å²) in [5, 5.41) is 7.65. The van der Waals surface area contributed by atoms with Crippen LogP contribution in [0.4, 0.5) is 4.39 Å². The highest BCUT2D eigenvalue weighted by molar-refractivity contribution is 5.83. The van der Waals surface area contributed by atoms with Gasteiger partial charge in [0.2, 0.25) is 5.91 Å². The zero-order chi connectivity index (χ0) is 27.7. The Balaban J connectivity index is 0.00000205. The van der Waals surface area contributed by atoms with Gasteiger partial charge in [-0.3, -0.25) is 4.79 Å². The highest BCUT2D eigenvalue weighted by atomic mass is 19.1. The summed E-state index contributed by atoms with van der Waals surface area (Å²) < 4.78 is 24.2. The van der Waals surface area contributed by atoms with Gasteiger partial charge in [0.15, 0.2) is 0 Å². The number of unbranched alkanes of at least 4 members (excludes halogenated alkanes) is 1. The number of aromatic nitrogens is 1. The first-order chi connectivity index (χ1) is 19.2. The molecule has 0 spiro atoms. The SMILES string of the molecule is C=C.O=C(COCc1ccc(F)cc1)NCCCCOc1cccc(CNCCc2c[nH]c3ccccc23)c1. The summed E-state index contributed by atoms with van der Waals surface area (Å²) >= 11 is 0. The number of ether oxygens (including phenoxy) is 2. The zero-order valence-corrected chi connectivity index (χ0v) is 22.4. The van der Waals surface area contributed by atoms with E-state index in [1.54, 1.807) is 12.1 Å². The molecule has 0 unspecified atom stereocenters. The van der Waals surface area contributed by atoms with Crippen LogP contribution in [0.5, 0.6) is 5.75 Å². The Morgan fingerprint density at radius 3 is 2.59 bits per heavy atom. The smallest absolute Gasteiger partial charge is 0.246 e. The van der Waals surface area contributed by atoms with Crippen molar-refractivity contribution in [3.63, 3.8) is 0 Å². The predicted octanol–water partition coefficient (Wildman–Crippen LogP) is 5.93. The normalized spacial score (nSPS) is 10.6. The van der Waals surface area contributed by atoms with Crippen molar-refractivity contribution in [2.45, 2.75) is 32.4 Å². The molecule has 4 aromatic rings. The van der Waals surface area contributed by atoms with Gasteiger partial charge >= 0.3 is 0 Å². The first kappa shape index (κ1) is 29.6. The van der Waals surface area contributed by atoms with Gasteiger partial charge in [-0.05, 0) is 72.8 Å². The number of carbonyl (C=O) groups is 1. The number of hydrogen-bond donors (Lipinski definition) is 3. The van der Waals surface area contributed by atoms with Crippen LogP contribution in [0.25, 0.3) is 10.9 Å². The molecule has 1 heterocycles. The first-order valence-electron chi connectivity index (χ1n) is 13.2. The molecule has 0 atom stereocenters. The summed E-state index contributed by atoms with van der Waals surface area (Å²) in [6.07, 6.45) is 4.72. The van der Waals surface area contributed by atoms with Gasteiger partial charge in [-0.2, -0.15) is 0 Å². The minimum Gasteiger partial charge on any atom is -0.494 e. The van der Waals surface area contributed by atoms with Crippen LogP contribution in [0.15, 0.2) is 92.2 Å². The predicted molar refractivity (Wildman–Crippen MR) is 155 cm³/mol. The highest BCUT2D eigenvalue weighted by Gasteiger charge is 2.04. The number of fused-ring (bicyclic) bond motifs is 1. The number of halogens is 1. The second kappa shape index (κ2) is 16.8. The first-order valence-corrected chi connectivity index (χ1v) is 13.2. The Labute approximate surface area is 230 Å². The molecular weight excluding hydrogens is 493 g/mol. The van der Waals surface area contributed by atoms with E-state index >= 15 is 0 Å². The maximum atomic E-state index is 12.9. The standard InChI is InChI=1S/C30H34FN3O3.C2H4/c31-26-12-10-23(11-13-26)21-36-22-30(35)33-15-3-4-17-37-27-7-5-6-24(18-27)19-32-16-14-25-20-34-29-9-2-1-8-28(25)29;1-2/h1-2,5-13,18,20,32,34H,3-4,14-17,19,21-22H2,(H,33,35);1-2H2. The molecule has 39 heavy (non-hydrogen) atoms. The van der Waals surface area contributed by atoms with E-state index in [0.717, 1.165) is 43.7 Å². The molecule has 3 aromatic carbocycles. The van der Waals surface area contributed by atoms with Crippen LogP contribution in [0, 0.1) is 5.82 Å². The number of benzene rings is 3. The Bertz CT molecular complexity index is 1270. The summed E-state index contributed by atoms with van der Waals surface area (Å²) in [5.41, 5.74) is 4.52. The molecule has 0 saturated heterocycles. The Morgan fingerprint density at radius 1 is 0.923 bits per heavy atom. The van der Waals surface area contributed by atoms with Crippen LogP contribution in [0.3, 0.4) is 0 Å². The molecule has 4 rings (SSSR count). The number of para-hydroxylation sites is 1. The lowest BCUT2D eigenvalue weighted by Crippen LogP contribution is -2.28. The third kappa shape index (κ3) is 10.4. The van der Waals surface area contributed by atoms with E-state index in [4.69, 9.17) is 9.47 Å². The number of hydrogen-bond acceptors (Lipinski definition) is 4. The fourth-order valence-corrected chi connectivity index (χ4v) is 4.08. The molecule has 0 bridgehead atoms. The molecule has 0 saturated carbocycles. The van der Waals surface area contributed by atoms with Crippen LogP contribution >= 0.6 is 0 Å². The van der Waals surface area contributed by atoms with Gasteiger partial charge in [0.25, 0.3) is 0 Å². The monoisotopic (exact) mass is 531 g/mol. The maximum absolute atomic E-state index is 12.9.